The van der Waals surface area contributed by atoms with E-state index in [1.807, 2.05) is 0 Å². The van der Waals surface area contributed by atoms with Crippen LogP contribution in [0.4, 0.5) is 0 Å². The Kier molecular flexibility index (Phi) is 5.79. The Labute approximate surface area is 153 Å². The number of hydrogen-bond donors (Lipinski definition) is 1. The highest BCUT2D eigenvalue weighted by atomic mass is 32.1. The molecule has 2 amide bonds. The second-order valence-electron chi connectivity index (χ2n) is 7.44. The fourth-order valence-electron chi connectivity index (χ4n) is 3.76. The third-order valence-corrected chi connectivity index (χ3v) is 6.51. The number of nitrogens with one attached hydrogen (secondary N) is 1. The maximum absolute atomic E-state index is 12.7. The quantitative estimate of drug-likeness (QED) is 0.893. The third kappa shape index (κ3) is 4.06. The van der Waals surface area contributed by atoms with E-state index in [9.17, 15) is 9.59 Å². The molecule has 0 bridgehead atoms. The first kappa shape index (κ1) is 18.4. The van der Waals surface area contributed by atoms with Crippen LogP contribution < -0.4 is 5.32 Å². The molecule has 0 aromatic carbocycles. The van der Waals surface area contributed by atoms with Gasteiger partial charge < -0.3 is 15.0 Å². The highest BCUT2D eigenvalue weighted by molar-refractivity contribution is 7.14. The number of aryl methyl sites for hydroxylation is 2. The summed E-state index contributed by atoms with van der Waals surface area (Å²) in [5.41, 5.74) is 0.725. The molecule has 2 heterocycles. The molecule has 5 nitrogen and oxygen atoms in total. The number of carbonyl (C=O) groups is 2. The van der Waals surface area contributed by atoms with Gasteiger partial charge >= 0.3 is 0 Å². The van der Waals surface area contributed by atoms with E-state index in [0.717, 1.165) is 17.7 Å². The number of carbonyl (C=O) groups excluding carboxylic acids is 2. The van der Waals surface area contributed by atoms with Crippen molar-refractivity contribution in [3.05, 3.63) is 21.4 Å². The molecule has 3 rings (SSSR count). The Morgan fingerprint density at radius 1 is 1.24 bits per heavy atom. The molecule has 1 N–H and O–H groups in total. The van der Waals surface area contributed by atoms with E-state index < -0.39 is 5.41 Å². The van der Waals surface area contributed by atoms with E-state index >= 15 is 0 Å². The monoisotopic (exact) mass is 364 g/mol. The van der Waals surface area contributed by atoms with Crippen molar-refractivity contribution in [1.29, 1.82) is 0 Å². The summed E-state index contributed by atoms with van der Waals surface area (Å²) < 4.78 is 5.47. The summed E-state index contributed by atoms with van der Waals surface area (Å²) in [5.74, 6) is -0.0293. The zero-order chi connectivity index (χ0) is 17.9. The predicted molar refractivity (Wildman–Crippen MR) is 99.1 cm³/mol. The molecule has 1 fully saturated rings. The van der Waals surface area contributed by atoms with Crippen molar-refractivity contribution >= 4 is 23.2 Å². The van der Waals surface area contributed by atoms with Crippen molar-refractivity contribution in [2.45, 2.75) is 44.9 Å². The molecular weight excluding hydrogens is 336 g/mol. The number of ether oxygens (including phenoxy) is 1. The predicted octanol–water partition coefficient (Wildman–Crippen LogP) is 2.63. The first-order valence-corrected chi connectivity index (χ1v) is 10.0. The van der Waals surface area contributed by atoms with E-state index in [1.165, 1.54) is 36.1 Å². The second-order valence-corrected chi connectivity index (χ2v) is 8.58. The average Bonchev–Trinajstić information content (AvgIpc) is 3.20. The molecule has 1 aromatic rings. The van der Waals surface area contributed by atoms with E-state index in [1.54, 1.807) is 30.3 Å². The second kappa shape index (κ2) is 7.87. The Hall–Kier alpha value is -1.40. The Morgan fingerprint density at radius 3 is 2.68 bits per heavy atom. The van der Waals surface area contributed by atoms with Crippen molar-refractivity contribution in [3.8, 4) is 0 Å². The molecule has 0 radical (unpaired) electrons. The lowest BCUT2D eigenvalue weighted by Gasteiger charge is -2.29. The van der Waals surface area contributed by atoms with Crippen LogP contribution >= 0.6 is 11.3 Å². The van der Waals surface area contributed by atoms with Gasteiger partial charge in [0, 0.05) is 32.1 Å². The maximum Gasteiger partial charge on any atom is 0.261 e. The lowest BCUT2D eigenvalue weighted by atomic mass is 9.85. The standard InChI is InChI=1S/C19H28N2O3S/c1-21(2)18(23)19(9-10-24-13-19)12-20-17(22)16-11-14-7-5-3-4-6-8-15(14)25-16/h11H,3-10,12-13H2,1-2H3,(H,20,22). The summed E-state index contributed by atoms with van der Waals surface area (Å²) >= 11 is 1.62. The molecule has 1 aromatic heterocycles. The number of thiophene rings is 1. The fraction of sp³-hybridized carbons (Fsp3) is 0.684. The van der Waals surface area contributed by atoms with Crippen LogP contribution in [0, 0.1) is 5.41 Å². The Morgan fingerprint density at radius 2 is 2.00 bits per heavy atom. The topological polar surface area (TPSA) is 58.6 Å². The molecule has 6 heteroatoms. The van der Waals surface area contributed by atoms with Crippen molar-refractivity contribution in [2.75, 3.05) is 33.9 Å². The minimum Gasteiger partial charge on any atom is -0.380 e. The number of nitrogens with zero attached hydrogens (tertiary/aromatic N) is 1. The highest BCUT2D eigenvalue weighted by Crippen LogP contribution is 2.31. The molecule has 1 atom stereocenters. The van der Waals surface area contributed by atoms with Crippen LogP contribution in [0.1, 0.15) is 52.2 Å². The van der Waals surface area contributed by atoms with Gasteiger partial charge in [-0.25, -0.2) is 0 Å². The molecule has 1 aliphatic carbocycles. The molecule has 1 aliphatic heterocycles. The highest BCUT2D eigenvalue weighted by Gasteiger charge is 2.43. The van der Waals surface area contributed by atoms with Crippen LogP contribution in [0.2, 0.25) is 0 Å². The van der Waals surface area contributed by atoms with Gasteiger partial charge in [0.15, 0.2) is 0 Å². The number of fused-ring (bicyclic) bond motifs is 1. The number of rotatable bonds is 4. The average molecular weight is 365 g/mol. The summed E-state index contributed by atoms with van der Waals surface area (Å²) in [4.78, 5) is 28.9. The molecule has 138 valence electrons. The largest absolute Gasteiger partial charge is 0.380 e. The van der Waals surface area contributed by atoms with E-state index in [2.05, 4.69) is 11.4 Å². The summed E-state index contributed by atoms with van der Waals surface area (Å²) in [6.07, 6.45) is 7.82. The molecule has 25 heavy (non-hydrogen) atoms. The number of amides is 2. The van der Waals surface area contributed by atoms with Crippen molar-refractivity contribution in [1.82, 2.24) is 10.2 Å². The van der Waals surface area contributed by atoms with E-state index in [0.29, 0.717) is 26.2 Å². The molecule has 0 spiro atoms. The summed E-state index contributed by atoms with van der Waals surface area (Å²) in [6.45, 7) is 1.29. The van der Waals surface area contributed by atoms with Gasteiger partial charge in [-0.15, -0.1) is 11.3 Å². The van der Waals surface area contributed by atoms with Crippen LogP contribution in [-0.4, -0.2) is 50.6 Å². The van der Waals surface area contributed by atoms with Gasteiger partial charge in [-0.1, -0.05) is 12.8 Å². The summed E-state index contributed by atoms with van der Waals surface area (Å²) in [6, 6.07) is 2.06. The normalized spacial score (nSPS) is 23.4. The smallest absolute Gasteiger partial charge is 0.261 e. The van der Waals surface area contributed by atoms with Crippen LogP contribution in [-0.2, 0) is 22.4 Å². The van der Waals surface area contributed by atoms with Crippen molar-refractivity contribution < 1.29 is 14.3 Å². The van der Waals surface area contributed by atoms with Gasteiger partial charge in [0.05, 0.1) is 16.9 Å². The number of hydrogen-bond acceptors (Lipinski definition) is 4. The Bertz CT molecular complexity index is 607. The maximum atomic E-state index is 12.7. The third-order valence-electron chi connectivity index (χ3n) is 5.27. The Balaban J connectivity index is 1.67. The fourth-order valence-corrected chi connectivity index (χ4v) is 4.93. The SMILES string of the molecule is CN(C)C(=O)C1(CNC(=O)c2cc3c(s2)CCCCCC3)CCOC1. The zero-order valence-electron chi connectivity index (χ0n) is 15.2. The van der Waals surface area contributed by atoms with Crippen LogP contribution in [0.15, 0.2) is 6.07 Å². The lowest BCUT2D eigenvalue weighted by molar-refractivity contribution is -0.139. The lowest BCUT2D eigenvalue weighted by Crippen LogP contribution is -2.48. The molecule has 0 saturated carbocycles. The van der Waals surface area contributed by atoms with E-state index in [4.69, 9.17) is 4.74 Å². The zero-order valence-corrected chi connectivity index (χ0v) is 16.0. The molecule has 1 unspecified atom stereocenters. The molecule has 2 aliphatic rings. The molecule has 1 saturated heterocycles. The van der Waals surface area contributed by atoms with Crippen LogP contribution in [0.25, 0.3) is 0 Å². The van der Waals surface area contributed by atoms with Crippen molar-refractivity contribution in [3.63, 3.8) is 0 Å². The van der Waals surface area contributed by atoms with Crippen LogP contribution in [0.3, 0.4) is 0 Å². The van der Waals surface area contributed by atoms with Crippen molar-refractivity contribution in [2.24, 2.45) is 5.41 Å². The van der Waals surface area contributed by atoms with Gasteiger partial charge in [-0.05, 0) is 43.7 Å². The van der Waals surface area contributed by atoms with Gasteiger partial charge in [-0.3, -0.25) is 9.59 Å². The summed E-state index contributed by atoms with van der Waals surface area (Å²) in [5, 5.41) is 3.00. The minimum absolute atomic E-state index is 0.0312. The van der Waals surface area contributed by atoms with Gasteiger partial charge in [-0.2, -0.15) is 0 Å². The van der Waals surface area contributed by atoms with Crippen LogP contribution in [0.5, 0.6) is 0 Å². The van der Waals surface area contributed by atoms with E-state index in [-0.39, 0.29) is 11.8 Å². The molecular formula is C19H28N2O3S. The summed E-state index contributed by atoms with van der Waals surface area (Å²) in [7, 11) is 3.51. The van der Waals surface area contributed by atoms with Gasteiger partial charge in [0.2, 0.25) is 5.91 Å². The first-order valence-electron chi connectivity index (χ1n) is 9.21. The minimum atomic E-state index is -0.620. The van der Waals surface area contributed by atoms with Gasteiger partial charge in [0.25, 0.3) is 5.91 Å². The van der Waals surface area contributed by atoms with Gasteiger partial charge in [0.1, 0.15) is 0 Å². The first-order chi connectivity index (χ1) is 12.0.